The first-order chi connectivity index (χ1) is 22.7. The van der Waals surface area contributed by atoms with E-state index in [4.69, 9.17) is 0 Å². The Balaban J connectivity index is 1.08. The summed E-state index contributed by atoms with van der Waals surface area (Å²) in [7, 11) is 0. The van der Waals surface area contributed by atoms with Gasteiger partial charge in [0.25, 0.3) is 0 Å². The zero-order valence-corrected chi connectivity index (χ0v) is 26.6. The van der Waals surface area contributed by atoms with Crippen LogP contribution in [0.5, 0.6) is 0 Å². The molecule has 0 bridgehead atoms. The molecule has 0 atom stereocenters. The first kappa shape index (κ1) is 28.1. The third-order valence-corrected chi connectivity index (χ3v) is 10.0. The molecular formula is C43H34N2S. The number of allylic oxidation sites excluding steroid dienone is 6. The molecule has 2 aromatic heterocycles. The lowest BCUT2D eigenvalue weighted by atomic mass is 9.96. The lowest BCUT2D eigenvalue weighted by molar-refractivity contribution is 0.975. The molecule has 3 heteroatoms. The Bertz CT molecular complexity index is 2340. The largest absolute Gasteiger partial charge is 0.356 e. The lowest BCUT2D eigenvalue weighted by Gasteiger charge is -2.11. The summed E-state index contributed by atoms with van der Waals surface area (Å²) in [5.74, 6) is 0. The highest BCUT2D eigenvalue weighted by Gasteiger charge is 2.15. The molecule has 0 saturated carbocycles. The highest BCUT2D eigenvalue weighted by atomic mass is 32.1. The van der Waals surface area contributed by atoms with E-state index in [1.807, 2.05) is 11.3 Å². The Labute approximate surface area is 274 Å². The molecule has 0 unspecified atom stereocenters. The molecule has 0 fully saturated rings. The zero-order chi connectivity index (χ0) is 30.9. The van der Waals surface area contributed by atoms with E-state index >= 15 is 0 Å². The molecule has 2 heterocycles. The van der Waals surface area contributed by atoms with Gasteiger partial charge >= 0.3 is 0 Å². The number of aryl methyl sites for hydroxylation is 1. The van der Waals surface area contributed by atoms with Crippen molar-refractivity contribution < 1.29 is 0 Å². The molecule has 7 aromatic rings. The van der Waals surface area contributed by atoms with Gasteiger partial charge < -0.3 is 9.88 Å². The molecule has 0 amide bonds. The maximum absolute atomic E-state index is 3.66. The predicted molar refractivity (Wildman–Crippen MR) is 200 cm³/mol. The molecule has 222 valence electrons. The van der Waals surface area contributed by atoms with Gasteiger partial charge in [-0.3, -0.25) is 0 Å². The molecule has 46 heavy (non-hydrogen) atoms. The zero-order valence-electron chi connectivity index (χ0n) is 25.8. The Kier molecular flexibility index (Phi) is 7.45. The van der Waals surface area contributed by atoms with Crippen LogP contribution in [-0.4, -0.2) is 4.57 Å². The van der Waals surface area contributed by atoms with E-state index in [0.29, 0.717) is 0 Å². The van der Waals surface area contributed by atoms with E-state index < -0.39 is 0 Å². The van der Waals surface area contributed by atoms with E-state index in [1.165, 1.54) is 64.7 Å². The molecule has 1 aliphatic rings. The maximum Gasteiger partial charge on any atom is 0.0541 e. The lowest BCUT2D eigenvalue weighted by Crippen LogP contribution is -1.97. The number of aromatic nitrogens is 1. The van der Waals surface area contributed by atoms with Crippen molar-refractivity contribution in [3.8, 4) is 16.8 Å². The summed E-state index contributed by atoms with van der Waals surface area (Å²) in [6, 6.07) is 43.6. The summed E-state index contributed by atoms with van der Waals surface area (Å²) in [5, 5.41) is 7.55. The second-order valence-electron chi connectivity index (χ2n) is 11.8. The minimum absolute atomic E-state index is 1.05. The van der Waals surface area contributed by atoms with Crippen molar-refractivity contribution in [1.29, 1.82) is 0 Å². The SMILES string of the molecule is C\C=C/C(=C\C=C\C1=Cc2c(sc3ccccc23)CC1)Nc1cccc(-c2ccc3c(c2)c2ccccc2n3-c2ccccc2)c1. The smallest absolute Gasteiger partial charge is 0.0541 e. The van der Waals surface area contributed by atoms with Crippen molar-refractivity contribution in [3.63, 3.8) is 0 Å². The second-order valence-corrected chi connectivity index (χ2v) is 12.9. The van der Waals surface area contributed by atoms with Gasteiger partial charge in [-0.15, -0.1) is 11.3 Å². The number of hydrogen-bond acceptors (Lipinski definition) is 2. The van der Waals surface area contributed by atoms with Gasteiger partial charge in [-0.25, -0.2) is 0 Å². The first-order valence-electron chi connectivity index (χ1n) is 15.9. The van der Waals surface area contributed by atoms with E-state index in [-0.39, 0.29) is 0 Å². The monoisotopic (exact) mass is 610 g/mol. The standard InChI is InChI=1S/C43H34N2S/c1-2-12-33(15-10-13-30-23-26-43-39(27-30)37-20-7-9-22-42(37)46-43)44-34-16-11-14-31(28-34)32-24-25-41-38(29-32)36-19-6-8-21-40(36)45(41)35-17-4-3-5-18-35/h2-22,24-25,27-29,44H,23,26H2,1H3/b12-2-,13-10+,33-15+. The quantitative estimate of drug-likeness (QED) is 0.178. The van der Waals surface area contributed by atoms with Crippen LogP contribution in [0, 0.1) is 0 Å². The van der Waals surface area contributed by atoms with Gasteiger partial charge in [-0.2, -0.15) is 0 Å². The van der Waals surface area contributed by atoms with Crippen LogP contribution in [0.3, 0.4) is 0 Å². The third kappa shape index (κ3) is 5.29. The first-order valence-corrected chi connectivity index (χ1v) is 16.7. The van der Waals surface area contributed by atoms with Crippen molar-refractivity contribution in [2.45, 2.75) is 19.8 Å². The van der Waals surface area contributed by atoms with Gasteiger partial charge in [-0.1, -0.05) is 97.1 Å². The summed E-state index contributed by atoms with van der Waals surface area (Å²) >= 11 is 1.94. The van der Waals surface area contributed by atoms with Gasteiger partial charge in [0.15, 0.2) is 0 Å². The molecule has 8 rings (SSSR count). The molecule has 1 aliphatic carbocycles. The average Bonchev–Trinajstić information content (AvgIpc) is 3.64. The highest BCUT2D eigenvalue weighted by molar-refractivity contribution is 7.19. The Morgan fingerprint density at radius 3 is 2.39 bits per heavy atom. The molecular weight excluding hydrogens is 577 g/mol. The normalized spacial score (nSPS) is 13.7. The highest BCUT2D eigenvalue weighted by Crippen LogP contribution is 2.38. The number of thiophene rings is 1. The van der Waals surface area contributed by atoms with Crippen LogP contribution < -0.4 is 5.32 Å². The van der Waals surface area contributed by atoms with Gasteiger partial charge in [0, 0.05) is 37.4 Å². The summed E-state index contributed by atoms with van der Waals surface area (Å²) in [6.45, 7) is 2.06. The molecule has 0 radical (unpaired) electrons. The summed E-state index contributed by atoms with van der Waals surface area (Å²) < 4.78 is 3.74. The molecule has 5 aromatic carbocycles. The topological polar surface area (TPSA) is 17.0 Å². The number of nitrogens with one attached hydrogen (secondary N) is 1. The number of rotatable bonds is 7. The minimum atomic E-state index is 1.05. The van der Waals surface area contributed by atoms with E-state index in [2.05, 4.69) is 175 Å². The minimum Gasteiger partial charge on any atom is -0.356 e. The van der Waals surface area contributed by atoms with Crippen molar-refractivity contribution in [2.75, 3.05) is 5.32 Å². The average molecular weight is 611 g/mol. The van der Waals surface area contributed by atoms with Crippen molar-refractivity contribution in [1.82, 2.24) is 4.57 Å². The molecule has 2 nitrogen and oxygen atoms in total. The van der Waals surface area contributed by atoms with Crippen LogP contribution in [0.2, 0.25) is 0 Å². The number of anilines is 1. The predicted octanol–water partition coefficient (Wildman–Crippen LogP) is 12.1. The summed E-state index contributed by atoms with van der Waals surface area (Å²) in [4.78, 5) is 1.51. The molecule has 1 N–H and O–H groups in total. The summed E-state index contributed by atoms with van der Waals surface area (Å²) in [5.41, 5.74) is 10.9. The number of para-hydroxylation sites is 2. The van der Waals surface area contributed by atoms with Crippen LogP contribution in [-0.2, 0) is 6.42 Å². The number of nitrogens with zero attached hydrogens (tertiary/aromatic N) is 1. The maximum atomic E-state index is 3.66. The van der Waals surface area contributed by atoms with Crippen molar-refractivity contribution in [3.05, 3.63) is 173 Å². The fourth-order valence-electron chi connectivity index (χ4n) is 6.65. The third-order valence-electron chi connectivity index (χ3n) is 8.79. The van der Waals surface area contributed by atoms with Crippen LogP contribution in [0.25, 0.3) is 54.8 Å². The Morgan fingerprint density at radius 1 is 0.717 bits per heavy atom. The Hall–Kier alpha value is -5.38. The van der Waals surface area contributed by atoms with Crippen LogP contribution in [0.4, 0.5) is 5.69 Å². The van der Waals surface area contributed by atoms with Crippen molar-refractivity contribution in [2.24, 2.45) is 0 Å². The number of fused-ring (bicyclic) bond motifs is 6. The van der Waals surface area contributed by atoms with Crippen LogP contribution in [0.15, 0.2) is 163 Å². The summed E-state index contributed by atoms with van der Waals surface area (Å²) in [6.07, 6.45) is 15.4. The van der Waals surface area contributed by atoms with E-state index in [1.54, 1.807) is 0 Å². The Morgan fingerprint density at radius 2 is 1.50 bits per heavy atom. The number of benzene rings is 5. The van der Waals surface area contributed by atoms with Gasteiger partial charge in [0.1, 0.15) is 0 Å². The van der Waals surface area contributed by atoms with Crippen LogP contribution in [0.1, 0.15) is 23.8 Å². The molecule has 0 aliphatic heterocycles. The fourth-order valence-corrected chi connectivity index (χ4v) is 7.83. The number of hydrogen-bond donors (Lipinski definition) is 1. The van der Waals surface area contributed by atoms with Crippen molar-refractivity contribution >= 4 is 55.0 Å². The molecule has 0 spiro atoms. The fraction of sp³-hybridized carbons (Fsp3) is 0.0698. The van der Waals surface area contributed by atoms with Gasteiger partial charge in [-0.05, 0) is 108 Å². The van der Waals surface area contributed by atoms with E-state index in [0.717, 1.165) is 24.2 Å². The second kappa shape index (κ2) is 12.2. The van der Waals surface area contributed by atoms with E-state index in [9.17, 15) is 0 Å². The molecule has 0 saturated heterocycles. The van der Waals surface area contributed by atoms with Crippen LogP contribution >= 0.6 is 11.3 Å². The van der Waals surface area contributed by atoms with Gasteiger partial charge in [0.05, 0.1) is 11.0 Å². The van der Waals surface area contributed by atoms with Gasteiger partial charge in [0.2, 0.25) is 0 Å².